The minimum atomic E-state index is 0.132. The van der Waals surface area contributed by atoms with Gasteiger partial charge in [-0.25, -0.2) is 0 Å². The van der Waals surface area contributed by atoms with E-state index in [1.807, 2.05) is 32.2 Å². The lowest BCUT2D eigenvalue weighted by atomic mass is 10.3. The Morgan fingerprint density at radius 1 is 1.20 bits per heavy atom. The number of piperazine rings is 1. The number of halogens is 1. The van der Waals surface area contributed by atoms with Crippen molar-refractivity contribution < 1.29 is 9.21 Å². The Hall–Kier alpha value is -1.34. The fourth-order valence-electron chi connectivity index (χ4n) is 2.97. The van der Waals surface area contributed by atoms with Crippen LogP contribution in [0, 0.1) is 6.92 Å². The smallest absolute Gasteiger partial charge is 0.236 e. The second-order valence-corrected chi connectivity index (χ2v) is 8.32. The van der Waals surface area contributed by atoms with E-state index >= 15 is 0 Å². The van der Waals surface area contributed by atoms with E-state index in [0.717, 1.165) is 48.6 Å². The fraction of sp³-hybridized carbons (Fsp3) is 0.500. The minimum absolute atomic E-state index is 0.132. The van der Waals surface area contributed by atoms with E-state index in [1.165, 1.54) is 4.88 Å². The van der Waals surface area contributed by atoms with Gasteiger partial charge in [-0.15, -0.1) is 11.3 Å². The van der Waals surface area contributed by atoms with Crippen LogP contribution in [0.25, 0.3) is 0 Å². The molecule has 1 aliphatic heterocycles. The summed E-state index contributed by atoms with van der Waals surface area (Å²) < 4.78 is 6.39. The van der Waals surface area contributed by atoms with Crippen LogP contribution in [0.15, 0.2) is 28.7 Å². The van der Waals surface area contributed by atoms with Gasteiger partial charge in [0.05, 0.1) is 17.4 Å². The molecule has 1 amide bonds. The van der Waals surface area contributed by atoms with Crippen LogP contribution in [0.1, 0.15) is 16.4 Å². The predicted octanol–water partition coefficient (Wildman–Crippen LogP) is 3.08. The van der Waals surface area contributed by atoms with E-state index in [9.17, 15) is 4.79 Å². The molecule has 0 aromatic carbocycles. The van der Waals surface area contributed by atoms with Crippen LogP contribution in [0.3, 0.4) is 0 Å². The highest BCUT2D eigenvalue weighted by Crippen LogP contribution is 2.23. The zero-order valence-corrected chi connectivity index (χ0v) is 16.3. The van der Waals surface area contributed by atoms with E-state index < -0.39 is 0 Å². The molecule has 0 saturated carbocycles. The molecule has 2 aromatic rings. The van der Waals surface area contributed by atoms with Crippen molar-refractivity contribution in [2.24, 2.45) is 0 Å². The minimum Gasteiger partial charge on any atom is -0.464 e. The molecule has 0 atom stereocenters. The van der Waals surface area contributed by atoms with E-state index in [0.29, 0.717) is 13.1 Å². The monoisotopic (exact) mass is 381 g/mol. The Bertz CT molecular complexity index is 707. The molecule has 7 heteroatoms. The number of nitrogens with zero attached hydrogens (tertiary/aromatic N) is 3. The molecular formula is C18H24ClN3O2S. The summed E-state index contributed by atoms with van der Waals surface area (Å²) in [5.74, 6) is 1.83. The Labute approximate surface area is 157 Å². The third-order valence-electron chi connectivity index (χ3n) is 4.45. The predicted molar refractivity (Wildman–Crippen MR) is 101 cm³/mol. The first-order chi connectivity index (χ1) is 12.0. The van der Waals surface area contributed by atoms with Gasteiger partial charge >= 0.3 is 0 Å². The molecule has 2 aromatic heterocycles. The second kappa shape index (κ2) is 8.36. The lowest BCUT2D eigenvalue weighted by Gasteiger charge is -2.34. The number of thiophene rings is 1. The van der Waals surface area contributed by atoms with Crippen LogP contribution in [-0.4, -0.2) is 60.4 Å². The van der Waals surface area contributed by atoms with Gasteiger partial charge in [0, 0.05) is 44.6 Å². The average molecular weight is 382 g/mol. The average Bonchev–Trinajstić information content (AvgIpc) is 3.17. The molecule has 1 aliphatic rings. The molecule has 0 radical (unpaired) electrons. The van der Waals surface area contributed by atoms with Gasteiger partial charge in [-0.05, 0) is 31.2 Å². The number of rotatable bonds is 6. The van der Waals surface area contributed by atoms with Gasteiger partial charge in [0.25, 0.3) is 0 Å². The number of likely N-dealkylation sites (N-methyl/N-ethyl adjacent to an activating group) is 1. The molecule has 25 heavy (non-hydrogen) atoms. The van der Waals surface area contributed by atoms with Crippen molar-refractivity contribution in [3.63, 3.8) is 0 Å². The highest BCUT2D eigenvalue weighted by molar-refractivity contribution is 7.16. The molecule has 0 bridgehead atoms. The lowest BCUT2D eigenvalue weighted by Crippen LogP contribution is -2.49. The molecule has 1 saturated heterocycles. The molecule has 0 spiro atoms. The van der Waals surface area contributed by atoms with Crippen molar-refractivity contribution in [2.75, 3.05) is 39.8 Å². The van der Waals surface area contributed by atoms with Crippen molar-refractivity contribution in [1.82, 2.24) is 14.7 Å². The van der Waals surface area contributed by atoms with Gasteiger partial charge in [-0.1, -0.05) is 11.6 Å². The fourth-order valence-corrected chi connectivity index (χ4v) is 4.10. The lowest BCUT2D eigenvalue weighted by molar-refractivity contribution is -0.132. The first kappa shape index (κ1) is 18.5. The third kappa shape index (κ3) is 5.31. The highest BCUT2D eigenvalue weighted by Gasteiger charge is 2.21. The Balaban J connectivity index is 1.41. The van der Waals surface area contributed by atoms with Gasteiger partial charge in [-0.2, -0.15) is 0 Å². The number of carbonyl (C=O) groups is 1. The summed E-state index contributed by atoms with van der Waals surface area (Å²) in [5, 5.41) is 0. The Kier molecular flexibility index (Phi) is 6.17. The number of aryl methyl sites for hydroxylation is 1. The van der Waals surface area contributed by atoms with Crippen LogP contribution in [0.2, 0.25) is 4.34 Å². The van der Waals surface area contributed by atoms with E-state index in [2.05, 4.69) is 15.9 Å². The van der Waals surface area contributed by atoms with Crippen molar-refractivity contribution in [2.45, 2.75) is 20.0 Å². The number of hydrogen-bond donors (Lipinski definition) is 0. The SMILES string of the molecule is Cc1ccc(CN(C)C(=O)CN2CCN(Cc3ccc(Cl)s3)CC2)o1. The number of hydrogen-bond acceptors (Lipinski definition) is 5. The maximum Gasteiger partial charge on any atom is 0.236 e. The van der Waals surface area contributed by atoms with Gasteiger partial charge in [-0.3, -0.25) is 14.6 Å². The summed E-state index contributed by atoms with van der Waals surface area (Å²) in [6, 6.07) is 7.89. The highest BCUT2D eigenvalue weighted by atomic mass is 35.5. The molecule has 5 nitrogen and oxygen atoms in total. The zero-order valence-electron chi connectivity index (χ0n) is 14.7. The molecule has 0 unspecified atom stereocenters. The summed E-state index contributed by atoms with van der Waals surface area (Å²) in [5.41, 5.74) is 0. The van der Waals surface area contributed by atoms with Crippen LogP contribution < -0.4 is 0 Å². The summed E-state index contributed by atoms with van der Waals surface area (Å²) in [6.07, 6.45) is 0. The summed E-state index contributed by atoms with van der Waals surface area (Å²) in [6.45, 7) is 7.62. The Morgan fingerprint density at radius 2 is 1.92 bits per heavy atom. The maximum absolute atomic E-state index is 12.4. The van der Waals surface area contributed by atoms with E-state index in [-0.39, 0.29) is 5.91 Å². The molecule has 136 valence electrons. The first-order valence-corrected chi connectivity index (χ1v) is 9.67. The zero-order chi connectivity index (χ0) is 17.8. The number of furan rings is 1. The normalized spacial score (nSPS) is 16.3. The number of carbonyl (C=O) groups excluding carboxylic acids is 1. The Morgan fingerprint density at radius 3 is 2.52 bits per heavy atom. The molecule has 0 aliphatic carbocycles. The van der Waals surface area contributed by atoms with E-state index in [4.69, 9.17) is 16.0 Å². The van der Waals surface area contributed by atoms with Gasteiger partial charge in [0.15, 0.2) is 0 Å². The van der Waals surface area contributed by atoms with Crippen molar-refractivity contribution in [1.29, 1.82) is 0 Å². The van der Waals surface area contributed by atoms with Gasteiger partial charge in [0.1, 0.15) is 11.5 Å². The number of amides is 1. The second-order valence-electron chi connectivity index (χ2n) is 6.52. The van der Waals surface area contributed by atoms with Gasteiger partial charge in [0.2, 0.25) is 5.91 Å². The molecule has 3 heterocycles. The van der Waals surface area contributed by atoms with E-state index in [1.54, 1.807) is 16.2 Å². The quantitative estimate of drug-likeness (QED) is 0.771. The summed E-state index contributed by atoms with van der Waals surface area (Å²) >= 11 is 7.63. The molecule has 3 rings (SSSR count). The maximum atomic E-state index is 12.4. The van der Waals surface area contributed by atoms with Crippen LogP contribution in [-0.2, 0) is 17.9 Å². The van der Waals surface area contributed by atoms with Crippen molar-refractivity contribution in [3.05, 3.63) is 45.0 Å². The van der Waals surface area contributed by atoms with Crippen molar-refractivity contribution >= 4 is 28.8 Å². The van der Waals surface area contributed by atoms with Crippen LogP contribution in [0.4, 0.5) is 0 Å². The first-order valence-electron chi connectivity index (χ1n) is 8.48. The summed E-state index contributed by atoms with van der Waals surface area (Å²) in [4.78, 5) is 20.1. The van der Waals surface area contributed by atoms with Crippen molar-refractivity contribution in [3.8, 4) is 0 Å². The van der Waals surface area contributed by atoms with Gasteiger partial charge < -0.3 is 9.32 Å². The summed E-state index contributed by atoms with van der Waals surface area (Å²) in [7, 11) is 1.83. The molecule has 1 fully saturated rings. The largest absolute Gasteiger partial charge is 0.464 e. The third-order valence-corrected chi connectivity index (χ3v) is 5.66. The standard InChI is InChI=1S/C18H24ClN3O2S/c1-14-3-4-15(24-14)11-20(2)18(23)13-22-9-7-21(8-10-22)12-16-5-6-17(19)25-16/h3-6H,7-13H2,1-2H3. The molecular weight excluding hydrogens is 358 g/mol. The molecule has 0 N–H and O–H groups in total. The van der Waals surface area contributed by atoms with Crippen LogP contribution >= 0.6 is 22.9 Å². The topological polar surface area (TPSA) is 39.9 Å². The van der Waals surface area contributed by atoms with Crippen LogP contribution in [0.5, 0.6) is 0 Å².